The highest BCUT2D eigenvalue weighted by Gasteiger charge is 2.23. The summed E-state index contributed by atoms with van der Waals surface area (Å²) < 4.78 is 25.0. The Morgan fingerprint density at radius 2 is 1.90 bits per heavy atom. The number of carbonyl (C=O) groups is 1. The standard InChI is InChI=1S/C13H28N2O4S/c1-5-11(6-7-16)9-14-13(17)12(8-10(2)3)15-20(4,18)19/h10-12,15-16H,5-9H2,1-4H3,(H,14,17). The number of hydrogen-bond donors (Lipinski definition) is 3. The zero-order chi connectivity index (χ0) is 15.8. The van der Waals surface area contributed by atoms with Crippen LogP contribution in [-0.4, -0.2) is 44.9 Å². The Morgan fingerprint density at radius 3 is 2.30 bits per heavy atom. The molecule has 0 aliphatic rings. The highest BCUT2D eigenvalue weighted by atomic mass is 32.2. The maximum absolute atomic E-state index is 12.1. The highest BCUT2D eigenvalue weighted by molar-refractivity contribution is 7.88. The van der Waals surface area contributed by atoms with Crippen molar-refractivity contribution in [3.63, 3.8) is 0 Å². The summed E-state index contributed by atoms with van der Waals surface area (Å²) in [4.78, 5) is 12.1. The molecule has 0 saturated carbocycles. The Bertz CT molecular complexity index is 382. The molecule has 1 amide bonds. The lowest BCUT2D eigenvalue weighted by Crippen LogP contribution is -2.48. The average molecular weight is 308 g/mol. The van der Waals surface area contributed by atoms with Gasteiger partial charge in [-0.1, -0.05) is 27.2 Å². The SMILES string of the molecule is CCC(CCO)CNC(=O)C(CC(C)C)NS(C)(=O)=O. The maximum Gasteiger partial charge on any atom is 0.238 e. The molecule has 0 bridgehead atoms. The van der Waals surface area contributed by atoms with Crippen LogP contribution in [0.15, 0.2) is 0 Å². The van der Waals surface area contributed by atoms with Crippen molar-refractivity contribution in [3.8, 4) is 0 Å². The molecular weight excluding hydrogens is 280 g/mol. The van der Waals surface area contributed by atoms with Crippen LogP contribution in [0.4, 0.5) is 0 Å². The number of nitrogens with one attached hydrogen (secondary N) is 2. The Kier molecular flexibility index (Phi) is 9.00. The van der Waals surface area contributed by atoms with Crippen LogP contribution in [0.1, 0.15) is 40.0 Å². The number of aliphatic hydroxyl groups excluding tert-OH is 1. The Balaban J connectivity index is 4.54. The van der Waals surface area contributed by atoms with E-state index >= 15 is 0 Å². The largest absolute Gasteiger partial charge is 0.396 e. The van der Waals surface area contributed by atoms with Crippen molar-refractivity contribution < 1.29 is 18.3 Å². The molecule has 0 aromatic heterocycles. The van der Waals surface area contributed by atoms with Crippen molar-refractivity contribution in [2.24, 2.45) is 11.8 Å². The number of rotatable bonds is 10. The number of amides is 1. The third-order valence-electron chi connectivity index (χ3n) is 3.06. The number of sulfonamides is 1. The Labute approximate surface area is 122 Å². The lowest BCUT2D eigenvalue weighted by molar-refractivity contribution is -0.123. The number of aliphatic hydroxyl groups is 1. The molecule has 0 fully saturated rings. The molecule has 20 heavy (non-hydrogen) atoms. The molecule has 7 heteroatoms. The summed E-state index contributed by atoms with van der Waals surface area (Å²) >= 11 is 0. The average Bonchev–Trinajstić information content (AvgIpc) is 2.30. The third kappa shape index (κ3) is 9.28. The molecule has 0 aliphatic heterocycles. The molecule has 2 atom stereocenters. The van der Waals surface area contributed by atoms with Crippen LogP contribution in [0.25, 0.3) is 0 Å². The van der Waals surface area contributed by atoms with Gasteiger partial charge in [0.2, 0.25) is 15.9 Å². The fourth-order valence-electron chi connectivity index (χ4n) is 1.94. The second-order valence-corrected chi connectivity index (χ2v) is 7.38. The molecule has 0 saturated heterocycles. The molecule has 0 spiro atoms. The lowest BCUT2D eigenvalue weighted by Gasteiger charge is -2.21. The quantitative estimate of drug-likeness (QED) is 0.547. The molecule has 120 valence electrons. The summed E-state index contributed by atoms with van der Waals surface area (Å²) in [5, 5.41) is 11.7. The van der Waals surface area contributed by atoms with E-state index in [4.69, 9.17) is 5.11 Å². The van der Waals surface area contributed by atoms with Crippen LogP contribution in [0, 0.1) is 11.8 Å². The van der Waals surface area contributed by atoms with Gasteiger partial charge >= 0.3 is 0 Å². The minimum absolute atomic E-state index is 0.0887. The first-order chi connectivity index (χ1) is 9.19. The van der Waals surface area contributed by atoms with Gasteiger partial charge in [-0.05, 0) is 24.7 Å². The van der Waals surface area contributed by atoms with E-state index in [9.17, 15) is 13.2 Å². The van der Waals surface area contributed by atoms with E-state index < -0.39 is 16.1 Å². The predicted molar refractivity (Wildman–Crippen MR) is 79.7 cm³/mol. The molecule has 0 radical (unpaired) electrons. The van der Waals surface area contributed by atoms with Gasteiger partial charge in [0.1, 0.15) is 6.04 Å². The monoisotopic (exact) mass is 308 g/mol. The summed E-state index contributed by atoms with van der Waals surface area (Å²) in [6.07, 6.45) is 2.99. The number of carbonyl (C=O) groups excluding carboxylic acids is 1. The Morgan fingerprint density at radius 1 is 1.30 bits per heavy atom. The van der Waals surface area contributed by atoms with E-state index in [1.54, 1.807) is 0 Å². The zero-order valence-corrected chi connectivity index (χ0v) is 13.7. The molecule has 6 nitrogen and oxygen atoms in total. The first-order valence-corrected chi connectivity index (χ1v) is 8.94. The van der Waals surface area contributed by atoms with Crippen LogP contribution >= 0.6 is 0 Å². The molecule has 0 aromatic carbocycles. The molecule has 0 aromatic rings. The second-order valence-electron chi connectivity index (χ2n) is 5.60. The highest BCUT2D eigenvalue weighted by Crippen LogP contribution is 2.08. The topological polar surface area (TPSA) is 95.5 Å². The smallest absolute Gasteiger partial charge is 0.238 e. The normalized spacial score (nSPS) is 15.1. The van der Waals surface area contributed by atoms with E-state index in [1.165, 1.54) is 0 Å². The molecule has 0 rings (SSSR count). The van der Waals surface area contributed by atoms with Crippen LogP contribution in [-0.2, 0) is 14.8 Å². The van der Waals surface area contributed by atoms with Gasteiger partial charge < -0.3 is 10.4 Å². The predicted octanol–water partition coefficient (Wildman–Crippen LogP) is 0.475. The van der Waals surface area contributed by atoms with Crippen LogP contribution in [0.3, 0.4) is 0 Å². The van der Waals surface area contributed by atoms with Crippen molar-refractivity contribution >= 4 is 15.9 Å². The third-order valence-corrected chi connectivity index (χ3v) is 3.77. The summed E-state index contributed by atoms with van der Waals surface area (Å²) in [6, 6.07) is -0.739. The van der Waals surface area contributed by atoms with E-state index in [0.29, 0.717) is 19.4 Å². The summed E-state index contributed by atoms with van der Waals surface area (Å²) in [5.74, 6) is 0.113. The summed E-state index contributed by atoms with van der Waals surface area (Å²) in [5.41, 5.74) is 0. The van der Waals surface area contributed by atoms with Gasteiger partial charge in [-0.25, -0.2) is 13.1 Å². The number of hydrogen-bond acceptors (Lipinski definition) is 4. The second kappa shape index (κ2) is 9.31. The first kappa shape index (κ1) is 19.3. The van der Waals surface area contributed by atoms with Crippen molar-refractivity contribution in [1.29, 1.82) is 0 Å². The fourth-order valence-corrected chi connectivity index (χ4v) is 2.66. The van der Waals surface area contributed by atoms with Crippen LogP contribution in [0.5, 0.6) is 0 Å². The van der Waals surface area contributed by atoms with Gasteiger partial charge in [0.25, 0.3) is 0 Å². The van der Waals surface area contributed by atoms with Crippen LogP contribution in [0.2, 0.25) is 0 Å². The van der Waals surface area contributed by atoms with E-state index in [0.717, 1.165) is 12.7 Å². The van der Waals surface area contributed by atoms with Crippen molar-refractivity contribution in [2.75, 3.05) is 19.4 Å². The summed E-state index contributed by atoms with van der Waals surface area (Å²) in [7, 11) is -3.42. The minimum Gasteiger partial charge on any atom is -0.396 e. The van der Waals surface area contributed by atoms with Crippen molar-refractivity contribution in [3.05, 3.63) is 0 Å². The van der Waals surface area contributed by atoms with E-state index in [1.807, 2.05) is 20.8 Å². The first-order valence-electron chi connectivity index (χ1n) is 7.05. The molecule has 0 aliphatic carbocycles. The molecular formula is C13H28N2O4S. The van der Waals surface area contributed by atoms with Crippen LogP contribution < -0.4 is 10.0 Å². The minimum atomic E-state index is -3.42. The van der Waals surface area contributed by atoms with E-state index in [-0.39, 0.29) is 24.3 Å². The van der Waals surface area contributed by atoms with Gasteiger partial charge in [0.05, 0.1) is 6.26 Å². The zero-order valence-electron chi connectivity index (χ0n) is 12.8. The lowest BCUT2D eigenvalue weighted by atomic mass is 10.0. The Hall–Kier alpha value is -0.660. The van der Waals surface area contributed by atoms with E-state index in [2.05, 4.69) is 10.0 Å². The van der Waals surface area contributed by atoms with Gasteiger partial charge in [-0.2, -0.15) is 0 Å². The fraction of sp³-hybridized carbons (Fsp3) is 0.923. The van der Waals surface area contributed by atoms with Gasteiger partial charge in [-0.15, -0.1) is 0 Å². The summed E-state index contributed by atoms with van der Waals surface area (Å²) in [6.45, 7) is 6.41. The van der Waals surface area contributed by atoms with Gasteiger partial charge in [-0.3, -0.25) is 4.79 Å². The molecule has 0 heterocycles. The van der Waals surface area contributed by atoms with Gasteiger partial charge in [0, 0.05) is 13.2 Å². The van der Waals surface area contributed by atoms with Crippen molar-refractivity contribution in [1.82, 2.24) is 10.0 Å². The van der Waals surface area contributed by atoms with Gasteiger partial charge in [0.15, 0.2) is 0 Å². The molecule has 2 unspecified atom stereocenters. The van der Waals surface area contributed by atoms with Crippen molar-refractivity contribution in [2.45, 2.75) is 46.1 Å². The molecule has 3 N–H and O–H groups in total. The maximum atomic E-state index is 12.1.